The second kappa shape index (κ2) is 11.9. The lowest BCUT2D eigenvalue weighted by molar-refractivity contribution is 0.198. The van der Waals surface area contributed by atoms with Gasteiger partial charge in [0.25, 0.3) is 0 Å². The summed E-state index contributed by atoms with van der Waals surface area (Å²) in [6, 6.07) is 18.2. The molecule has 38 heavy (non-hydrogen) atoms. The number of carbonyl (C=O) groups is 1. The van der Waals surface area contributed by atoms with Crippen molar-refractivity contribution in [2.45, 2.75) is 95.2 Å². The Balaban J connectivity index is 1.41. The number of nitrogens with two attached hydrogens (primary N) is 1. The molecule has 0 saturated heterocycles. The average Bonchev–Trinajstić information content (AvgIpc) is 3.31. The molecule has 1 unspecified atom stereocenters. The highest BCUT2D eigenvalue weighted by Crippen LogP contribution is 2.39. The first-order chi connectivity index (χ1) is 18.5. The first-order valence-corrected chi connectivity index (χ1v) is 14.4. The number of para-hydroxylation sites is 1. The number of amides is 2. The van der Waals surface area contributed by atoms with E-state index in [0.717, 1.165) is 38.6 Å². The number of rotatable bonds is 8. The molecular formula is C32H41N5O. The van der Waals surface area contributed by atoms with E-state index in [4.69, 9.17) is 5.73 Å². The van der Waals surface area contributed by atoms with Gasteiger partial charge in [-0.3, -0.25) is 0 Å². The Bertz CT molecular complexity index is 1280. The van der Waals surface area contributed by atoms with Crippen LogP contribution in [0.25, 0.3) is 10.9 Å². The van der Waals surface area contributed by atoms with Crippen molar-refractivity contribution in [2.24, 2.45) is 5.73 Å². The van der Waals surface area contributed by atoms with Crippen molar-refractivity contribution in [3.05, 3.63) is 71.4 Å². The summed E-state index contributed by atoms with van der Waals surface area (Å²) in [5, 5.41) is 14.3. The molecule has 1 aromatic heterocycles. The SMILES string of the molecule is Cc1cccc(C(CCN(C#N)C2CCC(NC(N)=O)CC2)c2cn(C3CCCCC3)c3ccccc23)c1. The van der Waals surface area contributed by atoms with Gasteiger partial charge in [0.15, 0.2) is 6.19 Å². The van der Waals surface area contributed by atoms with Gasteiger partial charge in [0.05, 0.1) is 0 Å². The fourth-order valence-corrected chi connectivity index (χ4v) is 6.87. The van der Waals surface area contributed by atoms with Crippen molar-refractivity contribution in [3.63, 3.8) is 0 Å². The Labute approximate surface area is 226 Å². The summed E-state index contributed by atoms with van der Waals surface area (Å²) in [5.41, 5.74) is 10.6. The van der Waals surface area contributed by atoms with Gasteiger partial charge in [-0.25, -0.2) is 4.79 Å². The Hall–Kier alpha value is -3.46. The van der Waals surface area contributed by atoms with Gasteiger partial charge in [0, 0.05) is 47.7 Å². The molecule has 2 saturated carbocycles. The second-order valence-corrected chi connectivity index (χ2v) is 11.4. The quantitative estimate of drug-likeness (QED) is 0.259. The lowest BCUT2D eigenvalue weighted by Gasteiger charge is -2.34. The molecule has 6 heteroatoms. The minimum Gasteiger partial charge on any atom is -0.352 e. The molecule has 2 amide bonds. The van der Waals surface area contributed by atoms with Gasteiger partial charge in [-0.2, -0.15) is 5.26 Å². The van der Waals surface area contributed by atoms with Gasteiger partial charge in [-0.1, -0.05) is 67.3 Å². The minimum absolute atomic E-state index is 0.121. The van der Waals surface area contributed by atoms with Gasteiger partial charge in [-0.15, -0.1) is 0 Å². The van der Waals surface area contributed by atoms with Crippen LogP contribution in [0.4, 0.5) is 4.79 Å². The predicted molar refractivity (Wildman–Crippen MR) is 153 cm³/mol. The van der Waals surface area contributed by atoms with Gasteiger partial charge in [-0.05, 0) is 69.1 Å². The molecule has 0 aliphatic heterocycles. The molecule has 5 rings (SSSR count). The maximum Gasteiger partial charge on any atom is 0.312 e. The van der Waals surface area contributed by atoms with Crippen LogP contribution in [0, 0.1) is 18.4 Å². The van der Waals surface area contributed by atoms with Gasteiger partial charge in [0.1, 0.15) is 0 Å². The van der Waals surface area contributed by atoms with Crippen LogP contribution >= 0.6 is 0 Å². The lowest BCUT2D eigenvalue weighted by atomic mass is 9.86. The van der Waals surface area contributed by atoms with E-state index in [1.807, 2.05) is 4.90 Å². The van der Waals surface area contributed by atoms with E-state index in [1.54, 1.807) is 0 Å². The number of nitrogens with zero attached hydrogens (tertiary/aromatic N) is 3. The number of fused-ring (bicyclic) bond motifs is 1. The van der Waals surface area contributed by atoms with Crippen molar-refractivity contribution in [3.8, 4) is 6.19 Å². The third-order valence-electron chi connectivity index (χ3n) is 8.83. The fraction of sp³-hybridized carbons (Fsp3) is 0.500. The molecule has 2 aromatic carbocycles. The molecule has 0 radical (unpaired) electrons. The highest BCUT2D eigenvalue weighted by atomic mass is 16.2. The van der Waals surface area contributed by atoms with Crippen LogP contribution in [0.1, 0.15) is 92.9 Å². The van der Waals surface area contributed by atoms with Crippen molar-refractivity contribution in [2.75, 3.05) is 6.54 Å². The summed E-state index contributed by atoms with van der Waals surface area (Å²) in [5.74, 6) is 0.216. The number of benzene rings is 2. The summed E-state index contributed by atoms with van der Waals surface area (Å²) in [7, 11) is 0. The van der Waals surface area contributed by atoms with Crippen LogP contribution in [0.2, 0.25) is 0 Å². The number of aromatic nitrogens is 1. The van der Waals surface area contributed by atoms with Gasteiger partial charge in [0.2, 0.25) is 0 Å². The normalized spacial score (nSPS) is 21.1. The van der Waals surface area contributed by atoms with Crippen LogP contribution < -0.4 is 11.1 Å². The Kier molecular flexibility index (Phi) is 8.22. The highest BCUT2D eigenvalue weighted by molar-refractivity contribution is 5.85. The number of nitrogens with one attached hydrogen (secondary N) is 1. The molecule has 2 aliphatic rings. The Morgan fingerprint density at radius 1 is 1.08 bits per heavy atom. The van der Waals surface area contributed by atoms with Gasteiger partial charge < -0.3 is 20.5 Å². The third kappa shape index (κ3) is 5.83. The molecule has 3 aromatic rings. The molecule has 0 spiro atoms. The zero-order chi connectivity index (χ0) is 26.5. The van der Waals surface area contributed by atoms with E-state index >= 15 is 0 Å². The van der Waals surface area contributed by atoms with E-state index in [0.29, 0.717) is 6.04 Å². The van der Waals surface area contributed by atoms with Gasteiger partial charge >= 0.3 is 6.03 Å². The Morgan fingerprint density at radius 2 is 1.84 bits per heavy atom. The predicted octanol–water partition coefficient (Wildman–Crippen LogP) is 6.74. The molecule has 2 fully saturated rings. The molecule has 0 bridgehead atoms. The summed E-state index contributed by atoms with van der Waals surface area (Å²) >= 11 is 0. The summed E-state index contributed by atoms with van der Waals surface area (Å²) in [4.78, 5) is 13.2. The molecule has 1 atom stereocenters. The van der Waals surface area contributed by atoms with Crippen molar-refractivity contribution < 1.29 is 4.79 Å². The van der Waals surface area contributed by atoms with Crippen molar-refractivity contribution in [1.82, 2.24) is 14.8 Å². The van der Waals surface area contributed by atoms with E-state index < -0.39 is 6.03 Å². The van der Waals surface area contributed by atoms with Crippen LogP contribution in [-0.2, 0) is 0 Å². The first kappa shape index (κ1) is 26.2. The molecular weight excluding hydrogens is 470 g/mol. The summed E-state index contributed by atoms with van der Waals surface area (Å²) < 4.78 is 2.56. The van der Waals surface area contributed by atoms with Crippen molar-refractivity contribution >= 4 is 16.9 Å². The zero-order valence-electron chi connectivity index (χ0n) is 22.6. The standard InChI is InChI=1S/C32H41N5O/c1-23-8-7-9-24(20-23)28(18-19-36(22-33)26-16-14-25(15-17-26)35-32(34)38)30-21-37(27-10-3-2-4-11-27)31-13-6-5-12-29(30)31/h5-9,12-13,20-21,25-28H,2-4,10-11,14-19H2,1H3,(H3,34,35,38). The maximum absolute atomic E-state index is 11.3. The van der Waals surface area contributed by atoms with Crippen LogP contribution in [0.5, 0.6) is 0 Å². The molecule has 6 nitrogen and oxygen atoms in total. The molecule has 2 aliphatic carbocycles. The summed E-state index contributed by atoms with van der Waals surface area (Å²) in [6.07, 6.45) is 15.8. The maximum atomic E-state index is 11.3. The minimum atomic E-state index is -0.459. The number of aryl methyl sites for hydroxylation is 1. The average molecular weight is 512 g/mol. The topological polar surface area (TPSA) is 87.1 Å². The third-order valence-corrected chi connectivity index (χ3v) is 8.83. The number of hydrogen-bond acceptors (Lipinski definition) is 3. The van der Waals surface area contributed by atoms with Crippen molar-refractivity contribution in [1.29, 1.82) is 5.26 Å². The van der Waals surface area contributed by atoms with E-state index in [2.05, 4.69) is 77.7 Å². The zero-order valence-corrected chi connectivity index (χ0v) is 22.6. The molecule has 3 N–H and O–H groups in total. The fourth-order valence-electron chi connectivity index (χ4n) is 6.87. The smallest absolute Gasteiger partial charge is 0.312 e. The van der Waals surface area contributed by atoms with Crippen LogP contribution in [0.3, 0.4) is 0 Å². The van der Waals surface area contributed by atoms with E-state index in [9.17, 15) is 10.1 Å². The van der Waals surface area contributed by atoms with E-state index in [-0.39, 0.29) is 18.0 Å². The lowest BCUT2D eigenvalue weighted by Crippen LogP contribution is -2.44. The van der Waals surface area contributed by atoms with Crippen LogP contribution in [-0.4, -0.2) is 34.1 Å². The number of urea groups is 1. The summed E-state index contributed by atoms with van der Waals surface area (Å²) in [6.45, 7) is 2.88. The first-order valence-electron chi connectivity index (χ1n) is 14.4. The molecule has 1 heterocycles. The highest BCUT2D eigenvalue weighted by Gasteiger charge is 2.28. The Morgan fingerprint density at radius 3 is 2.55 bits per heavy atom. The number of nitriles is 1. The molecule has 200 valence electrons. The largest absolute Gasteiger partial charge is 0.352 e. The monoisotopic (exact) mass is 511 g/mol. The number of carbonyl (C=O) groups excluding carboxylic acids is 1. The number of primary amides is 1. The number of hydrogen-bond donors (Lipinski definition) is 2. The van der Waals surface area contributed by atoms with Crippen LogP contribution in [0.15, 0.2) is 54.7 Å². The second-order valence-electron chi connectivity index (χ2n) is 11.4. The van der Waals surface area contributed by atoms with E-state index in [1.165, 1.54) is 59.7 Å².